The van der Waals surface area contributed by atoms with Crippen molar-refractivity contribution in [3.63, 3.8) is 0 Å². The number of amides is 3. The van der Waals surface area contributed by atoms with E-state index in [0.717, 1.165) is 22.8 Å². The van der Waals surface area contributed by atoms with Crippen LogP contribution in [0.2, 0.25) is 0 Å². The van der Waals surface area contributed by atoms with Crippen LogP contribution >= 0.6 is 0 Å². The highest BCUT2D eigenvalue weighted by Gasteiger charge is 2.28. The van der Waals surface area contributed by atoms with Crippen LogP contribution in [0.4, 0.5) is 10.5 Å². The molecule has 0 saturated carbocycles. The van der Waals surface area contributed by atoms with Gasteiger partial charge in [-0.05, 0) is 51.0 Å². The van der Waals surface area contributed by atoms with Crippen LogP contribution in [0.1, 0.15) is 24.2 Å². The predicted molar refractivity (Wildman–Crippen MR) is 105 cm³/mol. The minimum absolute atomic E-state index is 0.0124. The normalized spacial score (nSPS) is 14.9. The number of piperidine rings is 1. The fourth-order valence-corrected chi connectivity index (χ4v) is 3.50. The van der Waals surface area contributed by atoms with Gasteiger partial charge in [0.05, 0.1) is 11.4 Å². The molecule has 144 valence electrons. The van der Waals surface area contributed by atoms with Crippen molar-refractivity contribution >= 4 is 17.6 Å². The largest absolute Gasteiger partial charge is 0.349 e. The Labute approximate surface area is 159 Å². The van der Waals surface area contributed by atoms with Gasteiger partial charge in [-0.1, -0.05) is 6.07 Å². The van der Waals surface area contributed by atoms with Crippen molar-refractivity contribution in [1.82, 2.24) is 19.6 Å². The zero-order chi connectivity index (χ0) is 19.6. The monoisotopic (exact) mass is 369 g/mol. The van der Waals surface area contributed by atoms with Gasteiger partial charge in [0.25, 0.3) is 0 Å². The van der Waals surface area contributed by atoms with E-state index in [2.05, 4.69) is 10.4 Å². The van der Waals surface area contributed by atoms with Gasteiger partial charge in [-0.2, -0.15) is 5.10 Å². The van der Waals surface area contributed by atoms with Crippen LogP contribution in [-0.4, -0.2) is 58.7 Å². The molecule has 2 aromatic rings. The first-order chi connectivity index (χ1) is 12.8. The highest BCUT2D eigenvalue weighted by atomic mass is 16.2. The van der Waals surface area contributed by atoms with Crippen molar-refractivity contribution in [3.05, 3.63) is 41.7 Å². The number of aromatic nitrogens is 2. The maximum atomic E-state index is 12.6. The Morgan fingerprint density at radius 3 is 2.44 bits per heavy atom. The molecule has 0 radical (unpaired) electrons. The van der Waals surface area contributed by atoms with E-state index in [1.807, 2.05) is 48.9 Å². The third-order valence-corrected chi connectivity index (χ3v) is 4.92. The Morgan fingerprint density at radius 1 is 1.15 bits per heavy atom. The van der Waals surface area contributed by atoms with Gasteiger partial charge in [-0.3, -0.25) is 4.79 Å². The number of nitrogens with one attached hydrogen (secondary N) is 1. The van der Waals surface area contributed by atoms with E-state index in [1.165, 1.54) is 0 Å². The van der Waals surface area contributed by atoms with Gasteiger partial charge in [0.1, 0.15) is 0 Å². The molecule has 0 spiro atoms. The number of likely N-dealkylation sites (tertiary alicyclic amines) is 1. The van der Waals surface area contributed by atoms with Gasteiger partial charge < -0.3 is 15.1 Å². The van der Waals surface area contributed by atoms with Crippen molar-refractivity contribution in [2.24, 2.45) is 5.92 Å². The van der Waals surface area contributed by atoms with Crippen LogP contribution in [0.15, 0.2) is 30.3 Å². The Morgan fingerprint density at radius 2 is 1.85 bits per heavy atom. The smallest absolute Gasteiger partial charge is 0.321 e. The van der Waals surface area contributed by atoms with E-state index in [1.54, 1.807) is 23.9 Å². The number of urea groups is 1. The molecule has 2 heterocycles. The first kappa shape index (κ1) is 18.9. The van der Waals surface area contributed by atoms with Crippen LogP contribution < -0.4 is 5.32 Å². The Hall–Kier alpha value is -2.83. The van der Waals surface area contributed by atoms with E-state index in [4.69, 9.17) is 0 Å². The molecule has 1 aromatic carbocycles. The maximum absolute atomic E-state index is 12.6. The zero-order valence-corrected chi connectivity index (χ0v) is 16.4. The number of carbonyl (C=O) groups excluding carboxylic acids is 2. The predicted octanol–water partition coefficient (Wildman–Crippen LogP) is 2.82. The molecule has 1 aromatic heterocycles. The van der Waals surface area contributed by atoms with Crippen LogP contribution in [-0.2, 0) is 4.79 Å². The second-order valence-corrected chi connectivity index (χ2v) is 7.31. The lowest BCUT2D eigenvalue weighted by Crippen LogP contribution is -2.44. The first-order valence-corrected chi connectivity index (χ1v) is 9.26. The van der Waals surface area contributed by atoms with Gasteiger partial charge in [-0.25, -0.2) is 9.48 Å². The van der Waals surface area contributed by atoms with E-state index in [0.29, 0.717) is 25.9 Å². The van der Waals surface area contributed by atoms with E-state index in [-0.39, 0.29) is 17.9 Å². The first-order valence-electron chi connectivity index (χ1n) is 9.26. The second kappa shape index (κ2) is 7.82. The number of nitrogens with zero attached hydrogens (tertiary/aromatic N) is 4. The molecular weight excluding hydrogens is 342 g/mol. The van der Waals surface area contributed by atoms with Crippen molar-refractivity contribution in [3.8, 4) is 5.69 Å². The van der Waals surface area contributed by atoms with Crippen LogP contribution in [0.5, 0.6) is 0 Å². The minimum Gasteiger partial charge on any atom is -0.349 e. The SMILES string of the molecule is Cc1cc(C)n(-c2cccc(NC(=O)N3CCC(C(=O)N(C)C)CC3)c2)n1. The molecule has 0 bridgehead atoms. The summed E-state index contributed by atoms with van der Waals surface area (Å²) in [6, 6.07) is 9.55. The van der Waals surface area contributed by atoms with Crippen LogP contribution in [0, 0.1) is 19.8 Å². The third kappa shape index (κ3) is 4.30. The van der Waals surface area contributed by atoms with E-state index >= 15 is 0 Å². The molecule has 7 heteroatoms. The van der Waals surface area contributed by atoms with Crippen molar-refractivity contribution in [2.45, 2.75) is 26.7 Å². The summed E-state index contributed by atoms with van der Waals surface area (Å²) >= 11 is 0. The minimum atomic E-state index is -0.128. The summed E-state index contributed by atoms with van der Waals surface area (Å²) in [6.07, 6.45) is 1.41. The summed E-state index contributed by atoms with van der Waals surface area (Å²) in [4.78, 5) is 28.1. The number of hydrogen-bond donors (Lipinski definition) is 1. The highest BCUT2D eigenvalue weighted by Crippen LogP contribution is 2.21. The molecule has 0 atom stereocenters. The molecule has 27 heavy (non-hydrogen) atoms. The molecule has 0 unspecified atom stereocenters. The highest BCUT2D eigenvalue weighted by molar-refractivity contribution is 5.90. The van der Waals surface area contributed by atoms with Crippen LogP contribution in [0.3, 0.4) is 0 Å². The van der Waals surface area contributed by atoms with Gasteiger partial charge in [-0.15, -0.1) is 0 Å². The topological polar surface area (TPSA) is 70.5 Å². The van der Waals surface area contributed by atoms with E-state index < -0.39 is 0 Å². The lowest BCUT2D eigenvalue weighted by Gasteiger charge is -2.32. The molecule has 1 saturated heterocycles. The molecule has 1 fully saturated rings. The number of anilines is 1. The number of hydrogen-bond acceptors (Lipinski definition) is 3. The van der Waals surface area contributed by atoms with Crippen molar-refractivity contribution < 1.29 is 9.59 Å². The molecule has 1 aliphatic rings. The Kier molecular flexibility index (Phi) is 5.48. The lowest BCUT2D eigenvalue weighted by atomic mass is 9.96. The molecule has 7 nitrogen and oxygen atoms in total. The summed E-state index contributed by atoms with van der Waals surface area (Å²) < 4.78 is 1.86. The van der Waals surface area contributed by atoms with E-state index in [9.17, 15) is 9.59 Å². The fourth-order valence-electron chi connectivity index (χ4n) is 3.50. The molecule has 1 N–H and O–H groups in total. The van der Waals surface area contributed by atoms with Gasteiger partial charge in [0, 0.05) is 44.5 Å². The Bertz CT molecular complexity index is 835. The average Bonchev–Trinajstić information content (AvgIpc) is 2.99. The summed E-state index contributed by atoms with van der Waals surface area (Å²) in [5.74, 6) is 0.158. The summed E-state index contributed by atoms with van der Waals surface area (Å²) in [5, 5.41) is 7.45. The quantitative estimate of drug-likeness (QED) is 0.904. The summed E-state index contributed by atoms with van der Waals surface area (Å²) in [7, 11) is 3.55. The summed E-state index contributed by atoms with van der Waals surface area (Å²) in [6.45, 7) is 5.14. The fraction of sp³-hybridized carbons (Fsp3) is 0.450. The van der Waals surface area contributed by atoms with Crippen molar-refractivity contribution in [1.29, 1.82) is 0 Å². The number of benzene rings is 1. The lowest BCUT2D eigenvalue weighted by molar-refractivity contribution is -0.134. The molecule has 1 aliphatic heterocycles. The van der Waals surface area contributed by atoms with Gasteiger partial charge >= 0.3 is 6.03 Å². The number of carbonyl (C=O) groups is 2. The Balaban J connectivity index is 1.63. The van der Waals surface area contributed by atoms with Crippen molar-refractivity contribution in [2.75, 3.05) is 32.5 Å². The summed E-state index contributed by atoms with van der Waals surface area (Å²) in [5.41, 5.74) is 3.64. The zero-order valence-electron chi connectivity index (χ0n) is 16.4. The maximum Gasteiger partial charge on any atom is 0.321 e. The molecule has 3 amide bonds. The van der Waals surface area contributed by atoms with Gasteiger partial charge in [0.15, 0.2) is 0 Å². The third-order valence-electron chi connectivity index (χ3n) is 4.92. The molecular formula is C20H27N5O2. The average molecular weight is 369 g/mol. The number of rotatable bonds is 3. The van der Waals surface area contributed by atoms with Crippen LogP contribution in [0.25, 0.3) is 5.69 Å². The molecule has 3 rings (SSSR count). The van der Waals surface area contributed by atoms with Gasteiger partial charge in [0.2, 0.25) is 5.91 Å². The number of aryl methyl sites for hydroxylation is 2. The molecule has 0 aliphatic carbocycles. The second-order valence-electron chi connectivity index (χ2n) is 7.31. The standard InChI is InChI=1S/C20H27N5O2/c1-14-12-15(2)25(22-14)18-7-5-6-17(13-18)21-20(27)24-10-8-16(9-11-24)19(26)23(3)4/h5-7,12-13,16H,8-11H2,1-4H3,(H,21,27).